The molecule has 5 rings (SSSR count). The van der Waals surface area contributed by atoms with Crippen molar-refractivity contribution in [3.8, 4) is 5.88 Å². The van der Waals surface area contributed by atoms with Gasteiger partial charge in [-0.25, -0.2) is 19.7 Å². The lowest BCUT2D eigenvalue weighted by atomic mass is 10.1. The van der Waals surface area contributed by atoms with Gasteiger partial charge in [0.25, 0.3) is 0 Å². The lowest BCUT2D eigenvalue weighted by Crippen LogP contribution is -2.41. The van der Waals surface area contributed by atoms with E-state index in [0.717, 1.165) is 44.3 Å². The van der Waals surface area contributed by atoms with Crippen LogP contribution >= 0.6 is 11.3 Å². The number of amides is 2. The Balaban J connectivity index is 1.53. The van der Waals surface area contributed by atoms with Gasteiger partial charge in [0.2, 0.25) is 5.88 Å². The molecule has 5 heterocycles. The lowest BCUT2D eigenvalue weighted by Gasteiger charge is -2.29. The number of aromatic nitrogens is 3. The van der Waals surface area contributed by atoms with Gasteiger partial charge in [-0.3, -0.25) is 4.99 Å². The fourth-order valence-corrected chi connectivity index (χ4v) is 5.06. The van der Waals surface area contributed by atoms with E-state index in [4.69, 9.17) is 4.74 Å². The van der Waals surface area contributed by atoms with E-state index < -0.39 is 0 Å². The van der Waals surface area contributed by atoms with Crippen molar-refractivity contribution in [2.75, 3.05) is 33.1 Å². The van der Waals surface area contributed by atoms with Gasteiger partial charge in [0.05, 0.1) is 31.3 Å². The molecule has 0 spiro atoms. The Hall–Kier alpha value is -3.27. The molecule has 0 atom stereocenters. The number of carbonyl (C=O) groups excluding carboxylic acids is 1. The predicted octanol–water partition coefficient (Wildman–Crippen LogP) is 2.81. The predicted molar refractivity (Wildman–Crippen MR) is 116 cm³/mol. The summed E-state index contributed by atoms with van der Waals surface area (Å²) in [7, 11) is 5.16. The number of hydrogen-bond donors (Lipinski definition) is 1. The highest BCUT2D eigenvalue weighted by atomic mass is 32.1. The number of anilines is 2. The van der Waals surface area contributed by atoms with Crippen LogP contribution in [0.1, 0.15) is 21.7 Å². The second-order valence-corrected chi connectivity index (χ2v) is 8.51. The molecule has 2 aliphatic heterocycles. The molecule has 0 bridgehead atoms. The average molecular weight is 424 g/mol. The highest BCUT2D eigenvalue weighted by Crippen LogP contribution is 2.39. The number of thiophene rings is 1. The minimum atomic E-state index is 0.0261. The molecular weight excluding hydrogens is 402 g/mol. The maximum Gasteiger partial charge on any atom is 0.319 e. The third-order valence-corrected chi connectivity index (χ3v) is 6.43. The summed E-state index contributed by atoms with van der Waals surface area (Å²) in [6, 6.07) is 2.01. The van der Waals surface area contributed by atoms with E-state index in [1.54, 1.807) is 43.8 Å². The molecule has 9 nitrogen and oxygen atoms in total. The minimum absolute atomic E-state index is 0.0261. The molecular formula is C20H21N7O2S. The number of nitrogens with one attached hydrogen (secondary N) is 1. The van der Waals surface area contributed by atoms with Crippen molar-refractivity contribution in [3.05, 3.63) is 34.1 Å². The number of ether oxygens (including phenoxy) is 1. The smallest absolute Gasteiger partial charge is 0.319 e. The molecule has 3 aromatic heterocycles. The van der Waals surface area contributed by atoms with E-state index >= 15 is 0 Å². The quantitative estimate of drug-likeness (QED) is 0.696. The molecule has 154 valence electrons. The summed E-state index contributed by atoms with van der Waals surface area (Å²) in [5.41, 5.74) is 3.83. The van der Waals surface area contributed by atoms with E-state index in [1.807, 2.05) is 17.2 Å². The second kappa shape index (κ2) is 7.21. The normalized spacial score (nSPS) is 14.6. The van der Waals surface area contributed by atoms with Crippen molar-refractivity contribution in [1.82, 2.24) is 24.8 Å². The van der Waals surface area contributed by atoms with Gasteiger partial charge >= 0.3 is 6.03 Å². The molecule has 0 saturated carbocycles. The van der Waals surface area contributed by atoms with Crippen LogP contribution in [0.25, 0.3) is 10.2 Å². The monoisotopic (exact) mass is 423 g/mol. The van der Waals surface area contributed by atoms with Crippen LogP contribution in [-0.2, 0) is 19.5 Å². The average Bonchev–Trinajstić information content (AvgIpc) is 3.35. The molecule has 10 heteroatoms. The molecule has 0 unspecified atom stereocenters. The molecule has 0 aromatic carbocycles. The number of methoxy groups -OCH3 is 1. The lowest BCUT2D eigenvalue weighted by molar-refractivity contribution is 0.166. The fraction of sp³-hybridized carbons (Fsp3) is 0.350. The molecule has 30 heavy (non-hydrogen) atoms. The number of nitrogens with zero attached hydrogens (tertiary/aromatic N) is 6. The van der Waals surface area contributed by atoms with Gasteiger partial charge in [-0.1, -0.05) is 0 Å². The zero-order valence-electron chi connectivity index (χ0n) is 17.0. The first kappa shape index (κ1) is 18.7. The van der Waals surface area contributed by atoms with E-state index in [9.17, 15) is 4.79 Å². The first-order valence-corrected chi connectivity index (χ1v) is 10.4. The summed E-state index contributed by atoms with van der Waals surface area (Å²) in [5, 5.41) is 4.41. The third-order valence-electron chi connectivity index (χ3n) is 5.31. The van der Waals surface area contributed by atoms with Crippen molar-refractivity contribution in [3.63, 3.8) is 0 Å². The minimum Gasteiger partial charge on any atom is -0.480 e. The Labute approximate surface area is 177 Å². The zero-order chi connectivity index (χ0) is 20.8. The van der Waals surface area contributed by atoms with Crippen molar-refractivity contribution in [2.45, 2.75) is 19.5 Å². The van der Waals surface area contributed by atoms with Crippen LogP contribution in [-0.4, -0.2) is 64.7 Å². The van der Waals surface area contributed by atoms with Gasteiger partial charge in [-0.05, 0) is 18.1 Å². The van der Waals surface area contributed by atoms with Gasteiger partial charge in [0, 0.05) is 37.3 Å². The van der Waals surface area contributed by atoms with Gasteiger partial charge in [-0.15, -0.1) is 11.3 Å². The summed E-state index contributed by atoms with van der Waals surface area (Å²) >= 11 is 1.62. The molecule has 3 aromatic rings. The first-order valence-electron chi connectivity index (χ1n) is 9.61. The van der Waals surface area contributed by atoms with Gasteiger partial charge in [0.1, 0.15) is 22.7 Å². The standard InChI is InChI=1S/C20H21N7O2S/c1-26(2)20(28)27-5-4-12-15(9-27)30-19-16(12)17(22-10-23-19)24-13-6-11-7-21-8-14(11)25-18(13)29-3/h6-7,10H,4-5,8-9H2,1-3H3,(H,22,23,24). The number of rotatable bonds is 3. The summed E-state index contributed by atoms with van der Waals surface area (Å²) in [6.45, 7) is 1.83. The zero-order valence-corrected chi connectivity index (χ0v) is 17.8. The number of hydrogen-bond acceptors (Lipinski definition) is 8. The van der Waals surface area contributed by atoms with Crippen LogP contribution in [0.5, 0.6) is 5.88 Å². The van der Waals surface area contributed by atoms with Crippen LogP contribution in [0.15, 0.2) is 17.4 Å². The molecule has 2 amide bonds. The van der Waals surface area contributed by atoms with Crippen molar-refractivity contribution in [1.29, 1.82) is 0 Å². The Morgan fingerprint density at radius 1 is 1.33 bits per heavy atom. The Kier molecular flexibility index (Phi) is 4.50. The van der Waals surface area contributed by atoms with Crippen LogP contribution in [0.4, 0.5) is 16.3 Å². The van der Waals surface area contributed by atoms with Crippen LogP contribution < -0.4 is 10.1 Å². The maximum atomic E-state index is 12.4. The number of fused-ring (bicyclic) bond motifs is 4. The molecule has 0 radical (unpaired) electrons. The van der Waals surface area contributed by atoms with Crippen LogP contribution in [0.3, 0.4) is 0 Å². The SMILES string of the molecule is COc1nc2c(cc1Nc1ncnc3sc4c(c13)CCN(C(=O)N(C)C)C4)C=NC2. The number of urea groups is 1. The highest BCUT2D eigenvalue weighted by molar-refractivity contribution is 7.19. The summed E-state index contributed by atoms with van der Waals surface area (Å²) < 4.78 is 5.49. The number of carbonyl (C=O) groups is 1. The van der Waals surface area contributed by atoms with Crippen molar-refractivity contribution in [2.24, 2.45) is 4.99 Å². The van der Waals surface area contributed by atoms with Gasteiger partial charge in [0.15, 0.2) is 0 Å². The van der Waals surface area contributed by atoms with Crippen molar-refractivity contribution < 1.29 is 9.53 Å². The summed E-state index contributed by atoms with van der Waals surface area (Å²) in [4.78, 5) is 35.8. The number of pyridine rings is 1. The van der Waals surface area contributed by atoms with E-state index in [0.29, 0.717) is 25.5 Å². The molecule has 0 fully saturated rings. The van der Waals surface area contributed by atoms with E-state index in [-0.39, 0.29) is 6.03 Å². The molecule has 0 saturated heterocycles. The van der Waals surface area contributed by atoms with Crippen LogP contribution in [0.2, 0.25) is 0 Å². The molecule has 0 aliphatic carbocycles. The van der Waals surface area contributed by atoms with Crippen LogP contribution in [0, 0.1) is 0 Å². The summed E-state index contributed by atoms with van der Waals surface area (Å²) in [5.74, 6) is 1.23. The molecule has 2 aliphatic rings. The molecule has 1 N–H and O–H groups in total. The Morgan fingerprint density at radius 2 is 2.20 bits per heavy atom. The van der Waals surface area contributed by atoms with Gasteiger partial charge in [-0.2, -0.15) is 0 Å². The fourth-order valence-electron chi connectivity index (χ4n) is 3.86. The largest absolute Gasteiger partial charge is 0.480 e. The van der Waals surface area contributed by atoms with E-state index in [2.05, 4.69) is 25.3 Å². The topological polar surface area (TPSA) is 95.8 Å². The third kappa shape index (κ3) is 3.04. The summed E-state index contributed by atoms with van der Waals surface area (Å²) in [6.07, 6.45) is 4.15. The van der Waals surface area contributed by atoms with Gasteiger partial charge < -0.3 is 19.9 Å². The maximum absolute atomic E-state index is 12.4. The number of aliphatic imine (C=N–C) groups is 1. The van der Waals surface area contributed by atoms with E-state index in [1.165, 1.54) is 5.56 Å². The Bertz CT molecular complexity index is 1190. The highest BCUT2D eigenvalue weighted by Gasteiger charge is 2.27. The first-order chi connectivity index (χ1) is 14.5. The van der Waals surface area contributed by atoms with Crippen molar-refractivity contribution >= 4 is 45.3 Å². The Morgan fingerprint density at radius 3 is 3.00 bits per heavy atom. The second-order valence-electron chi connectivity index (χ2n) is 7.43.